The highest BCUT2D eigenvalue weighted by Gasteiger charge is 2.43. The molecular formula is C29H37N3O6S. The third-order valence-electron chi connectivity index (χ3n) is 8.19. The number of aromatic nitrogens is 2. The van der Waals surface area contributed by atoms with Crippen LogP contribution in [0.25, 0.3) is 10.9 Å². The van der Waals surface area contributed by atoms with E-state index in [0.29, 0.717) is 36.1 Å². The quantitative estimate of drug-likeness (QED) is 0.381. The van der Waals surface area contributed by atoms with Gasteiger partial charge in [0.05, 0.1) is 41.8 Å². The summed E-state index contributed by atoms with van der Waals surface area (Å²) in [6.45, 7) is 2.46. The van der Waals surface area contributed by atoms with Crippen molar-refractivity contribution in [2.75, 3.05) is 19.7 Å². The second kappa shape index (κ2) is 11.7. The Bertz CT molecular complexity index is 1430. The fourth-order valence-corrected chi connectivity index (χ4v) is 8.09. The monoisotopic (exact) mass is 555 g/mol. The number of rotatable bonds is 10. The molecule has 1 aliphatic heterocycles. The fraction of sp³-hybridized carbons (Fsp3) is 0.517. The minimum atomic E-state index is -3.91. The van der Waals surface area contributed by atoms with Gasteiger partial charge in [0.25, 0.3) is 0 Å². The lowest BCUT2D eigenvalue weighted by atomic mass is 9.81. The van der Waals surface area contributed by atoms with Crippen LogP contribution in [0.3, 0.4) is 0 Å². The Kier molecular flexibility index (Phi) is 8.25. The number of hydrogen-bond donors (Lipinski definition) is 2. The molecule has 10 heteroatoms. The zero-order valence-corrected chi connectivity index (χ0v) is 23.1. The maximum atomic E-state index is 14.0. The molecule has 1 saturated heterocycles. The van der Waals surface area contributed by atoms with E-state index < -0.39 is 22.6 Å². The van der Waals surface area contributed by atoms with Crippen LogP contribution in [0.5, 0.6) is 5.75 Å². The van der Waals surface area contributed by atoms with Crippen LogP contribution in [0.4, 0.5) is 0 Å². The van der Waals surface area contributed by atoms with E-state index in [1.54, 1.807) is 12.1 Å². The molecule has 2 atom stereocenters. The van der Waals surface area contributed by atoms with Gasteiger partial charge in [-0.05, 0) is 49.4 Å². The number of aliphatic hydroxyl groups is 1. The van der Waals surface area contributed by atoms with Crippen molar-refractivity contribution >= 4 is 26.9 Å². The summed E-state index contributed by atoms with van der Waals surface area (Å²) in [4.78, 5) is 11.7. The number of sulfonamides is 1. The molecule has 2 aromatic carbocycles. The van der Waals surface area contributed by atoms with Gasteiger partial charge in [0.1, 0.15) is 5.75 Å². The Morgan fingerprint density at radius 3 is 2.59 bits per heavy atom. The molecule has 2 heterocycles. The summed E-state index contributed by atoms with van der Waals surface area (Å²) in [6.07, 6.45) is 6.64. The predicted molar refractivity (Wildman–Crippen MR) is 147 cm³/mol. The Balaban J connectivity index is 1.52. The SMILES string of the molecule is CCOc1ccc(S(=O)(=O)N2C[C@@H](CC3CCCCC3)[C@@H](n3nc(CC(=O)O)c4ccccc43)C2)c(CO)c1. The summed E-state index contributed by atoms with van der Waals surface area (Å²) < 4.78 is 36.9. The Morgan fingerprint density at radius 1 is 1.10 bits per heavy atom. The van der Waals surface area contributed by atoms with E-state index in [1.165, 1.54) is 29.6 Å². The van der Waals surface area contributed by atoms with Crippen LogP contribution in [0.15, 0.2) is 47.4 Å². The van der Waals surface area contributed by atoms with E-state index in [2.05, 4.69) is 0 Å². The summed E-state index contributed by atoms with van der Waals surface area (Å²) >= 11 is 0. The number of aliphatic carboxylic acids is 1. The van der Waals surface area contributed by atoms with Gasteiger partial charge in [-0.2, -0.15) is 9.40 Å². The lowest BCUT2D eigenvalue weighted by molar-refractivity contribution is -0.136. The lowest BCUT2D eigenvalue weighted by Gasteiger charge is -2.27. The number of carboxylic acid groups (broad SMARTS) is 1. The highest BCUT2D eigenvalue weighted by molar-refractivity contribution is 7.89. The maximum Gasteiger partial charge on any atom is 0.309 e. The molecule has 2 fully saturated rings. The molecule has 3 aromatic rings. The molecule has 210 valence electrons. The van der Waals surface area contributed by atoms with E-state index in [1.807, 2.05) is 35.9 Å². The fourth-order valence-electron chi connectivity index (χ4n) is 6.38. The van der Waals surface area contributed by atoms with Crippen molar-refractivity contribution in [3.05, 3.63) is 53.7 Å². The minimum absolute atomic E-state index is 0.0316. The van der Waals surface area contributed by atoms with Gasteiger partial charge < -0.3 is 14.9 Å². The van der Waals surface area contributed by atoms with Crippen molar-refractivity contribution in [3.8, 4) is 5.75 Å². The van der Waals surface area contributed by atoms with Crippen molar-refractivity contribution in [3.63, 3.8) is 0 Å². The first-order chi connectivity index (χ1) is 18.8. The van der Waals surface area contributed by atoms with E-state index in [9.17, 15) is 23.4 Å². The first-order valence-corrected chi connectivity index (χ1v) is 15.3. The highest BCUT2D eigenvalue weighted by Crippen LogP contribution is 2.41. The number of aliphatic hydroxyl groups excluding tert-OH is 1. The molecule has 2 N–H and O–H groups in total. The van der Waals surface area contributed by atoms with E-state index >= 15 is 0 Å². The van der Waals surface area contributed by atoms with Gasteiger partial charge in [-0.25, -0.2) is 8.42 Å². The second-order valence-electron chi connectivity index (χ2n) is 10.7. The number of para-hydroxylation sites is 1. The molecule has 1 aromatic heterocycles. The van der Waals surface area contributed by atoms with E-state index in [-0.39, 0.29) is 29.8 Å². The Morgan fingerprint density at radius 2 is 1.87 bits per heavy atom. The number of benzene rings is 2. The number of hydrogen-bond acceptors (Lipinski definition) is 6. The van der Waals surface area contributed by atoms with E-state index in [4.69, 9.17) is 9.84 Å². The molecule has 0 unspecified atom stereocenters. The number of fused-ring (bicyclic) bond motifs is 1. The number of carbonyl (C=O) groups is 1. The predicted octanol–water partition coefficient (Wildman–Crippen LogP) is 4.39. The summed E-state index contributed by atoms with van der Waals surface area (Å²) in [7, 11) is -3.91. The molecule has 0 bridgehead atoms. The highest BCUT2D eigenvalue weighted by atomic mass is 32.2. The van der Waals surface area contributed by atoms with Crippen LogP contribution in [0.1, 0.15) is 62.7 Å². The number of nitrogens with zero attached hydrogens (tertiary/aromatic N) is 3. The minimum Gasteiger partial charge on any atom is -0.494 e. The molecule has 9 nitrogen and oxygen atoms in total. The smallest absolute Gasteiger partial charge is 0.309 e. The van der Waals surface area contributed by atoms with Crippen LogP contribution < -0.4 is 4.74 Å². The van der Waals surface area contributed by atoms with Crippen LogP contribution in [-0.2, 0) is 27.8 Å². The normalized spacial score (nSPS) is 21.0. The van der Waals surface area contributed by atoms with Crippen molar-refractivity contribution < 1.29 is 28.2 Å². The molecule has 2 aliphatic rings. The van der Waals surface area contributed by atoms with Crippen molar-refractivity contribution in [1.82, 2.24) is 14.1 Å². The van der Waals surface area contributed by atoms with Gasteiger partial charge in [0.2, 0.25) is 10.0 Å². The lowest BCUT2D eigenvalue weighted by Crippen LogP contribution is -2.30. The molecule has 5 rings (SSSR count). The maximum absolute atomic E-state index is 14.0. The zero-order valence-electron chi connectivity index (χ0n) is 22.3. The third kappa shape index (κ3) is 5.69. The van der Waals surface area contributed by atoms with Gasteiger partial charge >= 0.3 is 5.97 Å². The first kappa shape index (κ1) is 27.6. The molecule has 1 saturated carbocycles. The van der Waals surface area contributed by atoms with Gasteiger partial charge in [0.15, 0.2) is 0 Å². The largest absolute Gasteiger partial charge is 0.494 e. The molecular weight excluding hydrogens is 518 g/mol. The Hall–Kier alpha value is -2.95. The average Bonchev–Trinajstić information content (AvgIpc) is 3.51. The van der Waals surface area contributed by atoms with Gasteiger partial charge in [-0.15, -0.1) is 0 Å². The van der Waals surface area contributed by atoms with Crippen molar-refractivity contribution in [1.29, 1.82) is 0 Å². The molecule has 0 radical (unpaired) electrons. The molecule has 39 heavy (non-hydrogen) atoms. The molecule has 0 spiro atoms. The second-order valence-corrected chi connectivity index (χ2v) is 12.6. The third-order valence-corrected chi connectivity index (χ3v) is 10.1. The number of ether oxygens (including phenoxy) is 1. The van der Waals surface area contributed by atoms with Gasteiger partial charge in [0, 0.05) is 24.0 Å². The average molecular weight is 556 g/mol. The van der Waals surface area contributed by atoms with Crippen LogP contribution >= 0.6 is 0 Å². The van der Waals surface area contributed by atoms with Crippen LogP contribution in [0, 0.1) is 11.8 Å². The van der Waals surface area contributed by atoms with Crippen LogP contribution in [-0.4, -0.2) is 58.4 Å². The Labute approximate surface area is 229 Å². The van der Waals surface area contributed by atoms with Gasteiger partial charge in [-0.3, -0.25) is 9.48 Å². The van der Waals surface area contributed by atoms with Crippen LogP contribution in [0.2, 0.25) is 0 Å². The summed E-state index contributed by atoms with van der Waals surface area (Å²) in [5.74, 6) is 0.132. The topological polar surface area (TPSA) is 122 Å². The summed E-state index contributed by atoms with van der Waals surface area (Å²) in [6, 6.07) is 12.1. The summed E-state index contributed by atoms with van der Waals surface area (Å²) in [5, 5.41) is 25.0. The van der Waals surface area contributed by atoms with E-state index in [0.717, 1.165) is 30.2 Å². The first-order valence-electron chi connectivity index (χ1n) is 13.9. The zero-order chi connectivity index (χ0) is 27.6. The standard InChI is InChI=1S/C29H37N3O6S/c1-2-38-23-12-13-28(22(15-23)19-33)39(36,37)31-17-21(14-20-8-4-3-5-9-20)27(18-31)32-26-11-7-6-10-24(26)25(30-32)16-29(34)35/h6-7,10-13,15,20-21,27,33H,2-5,8-9,14,16-19H2,1H3,(H,34,35)/t21-,27+/m1/s1. The number of carboxylic acids is 1. The summed E-state index contributed by atoms with van der Waals surface area (Å²) in [5.41, 5.74) is 1.62. The van der Waals surface area contributed by atoms with Crippen molar-refractivity contribution in [2.45, 2.75) is 69.4 Å². The molecule has 0 amide bonds. The van der Waals surface area contributed by atoms with Gasteiger partial charge in [-0.1, -0.05) is 50.3 Å². The van der Waals surface area contributed by atoms with Crippen molar-refractivity contribution in [2.24, 2.45) is 11.8 Å². The molecule has 1 aliphatic carbocycles.